The molecule has 156 valence electrons. The van der Waals surface area contributed by atoms with Crippen LogP contribution in [0.25, 0.3) is 0 Å². The lowest BCUT2D eigenvalue weighted by molar-refractivity contribution is -0.113. The van der Waals surface area contributed by atoms with Crippen molar-refractivity contribution in [2.24, 2.45) is 0 Å². The lowest BCUT2D eigenvalue weighted by atomic mass is 10.2. The first kappa shape index (κ1) is 21.9. The molecule has 3 rings (SSSR count). The Hall–Kier alpha value is -2.77. The highest BCUT2D eigenvalue weighted by molar-refractivity contribution is 7.99. The van der Waals surface area contributed by atoms with Crippen LogP contribution in [0.5, 0.6) is 0 Å². The van der Waals surface area contributed by atoms with E-state index in [0.29, 0.717) is 34.8 Å². The maximum atomic E-state index is 13.2. The second-order valence-electron chi connectivity index (χ2n) is 6.49. The van der Waals surface area contributed by atoms with E-state index >= 15 is 0 Å². The molecule has 0 saturated heterocycles. The molecule has 2 aromatic heterocycles. The molecule has 0 bridgehead atoms. The third-order valence-electron chi connectivity index (χ3n) is 4.50. The average molecular weight is 446 g/mol. The van der Waals surface area contributed by atoms with Crippen molar-refractivity contribution >= 4 is 35.2 Å². The molecule has 10 heteroatoms. The fourth-order valence-corrected chi connectivity index (χ4v) is 3.82. The van der Waals surface area contributed by atoms with Gasteiger partial charge in [-0.3, -0.25) is 4.79 Å². The van der Waals surface area contributed by atoms with E-state index in [4.69, 9.17) is 4.42 Å². The minimum absolute atomic E-state index is 0.0611. The maximum absolute atomic E-state index is 13.2. The van der Waals surface area contributed by atoms with Gasteiger partial charge in [-0.1, -0.05) is 23.9 Å². The molecule has 0 fully saturated rings. The standard InChI is InChI=1S/C20H20FN5O2S2/c1-12-13(2)26(9-14-4-6-15(21)7-5-14)19(16(12)8-22)23-17(27)10-30-20-25-24-18(28-20)11-29-3/h4-7H,9-11H2,1-3H3,(H,23,27). The maximum Gasteiger partial charge on any atom is 0.277 e. The molecule has 1 amide bonds. The summed E-state index contributed by atoms with van der Waals surface area (Å²) in [6.45, 7) is 4.13. The van der Waals surface area contributed by atoms with Crippen molar-refractivity contribution in [1.82, 2.24) is 14.8 Å². The van der Waals surface area contributed by atoms with Crippen molar-refractivity contribution in [3.05, 3.63) is 58.4 Å². The third kappa shape index (κ3) is 5.04. The molecule has 0 aliphatic rings. The Labute approximate surface area is 182 Å². The Morgan fingerprint density at radius 1 is 1.30 bits per heavy atom. The smallest absolute Gasteiger partial charge is 0.277 e. The number of carbonyl (C=O) groups is 1. The minimum Gasteiger partial charge on any atom is -0.415 e. The van der Waals surface area contributed by atoms with Crippen LogP contribution in [-0.2, 0) is 17.1 Å². The van der Waals surface area contributed by atoms with Crippen LogP contribution in [0.15, 0.2) is 33.9 Å². The van der Waals surface area contributed by atoms with Crippen molar-refractivity contribution in [3.8, 4) is 6.07 Å². The van der Waals surface area contributed by atoms with Crippen LogP contribution in [0.3, 0.4) is 0 Å². The van der Waals surface area contributed by atoms with Crippen LogP contribution in [-0.4, -0.2) is 32.7 Å². The number of nitrogens with zero attached hydrogens (tertiary/aromatic N) is 4. The molecule has 7 nitrogen and oxygen atoms in total. The first-order valence-electron chi connectivity index (χ1n) is 9.01. The van der Waals surface area contributed by atoms with Gasteiger partial charge in [0.05, 0.1) is 17.1 Å². The topological polar surface area (TPSA) is 96.7 Å². The number of hydrogen-bond donors (Lipinski definition) is 1. The Morgan fingerprint density at radius 2 is 2.03 bits per heavy atom. The molecule has 0 aliphatic heterocycles. The highest BCUT2D eigenvalue weighted by Crippen LogP contribution is 2.28. The summed E-state index contributed by atoms with van der Waals surface area (Å²) in [4.78, 5) is 12.6. The molecular formula is C20H20FN5O2S2. The van der Waals surface area contributed by atoms with Gasteiger partial charge in [-0.2, -0.15) is 17.0 Å². The molecule has 3 aromatic rings. The monoisotopic (exact) mass is 445 g/mol. The van der Waals surface area contributed by atoms with Gasteiger partial charge in [-0.05, 0) is 43.4 Å². The van der Waals surface area contributed by atoms with Crippen LogP contribution in [0, 0.1) is 31.0 Å². The molecule has 0 atom stereocenters. The van der Waals surface area contributed by atoms with E-state index in [0.717, 1.165) is 28.6 Å². The van der Waals surface area contributed by atoms with Crippen molar-refractivity contribution in [3.63, 3.8) is 0 Å². The molecule has 30 heavy (non-hydrogen) atoms. The van der Waals surface area contributed by atoms with Crippen LogP contribution in [0.1, 0.15) is 28.3 Å². The Kier molecular flexibility index (Phi) is 7.18. The number of amides is 1. The van der Waals surface area contributed by atoms with Crippen molar-refractivity contribution in [2.75, 3.05) is 17.3 Å². The Balaban J connectivity index is 1.76. The van der Waals surface area contributed by atoms with Gasteiger partial charge >= 0.3 is 0 Å². The zero-order valence-electron chi connectivity index (χ0n) is 16.7. The fraction of sp³-hybridized carbons (Fsp3) is 0.300. The largest absolute Gasteiger partial charge is 0.415 e. The third-order valence-corrected chi connectivity index (χ3v) is 5.85. The van der Waals surface area contributed by atoms with Crippen molar-refractivity contribution in [2.45, 2.75) is 31.4 Å². The molecular weight excluding hydrogens is 425 g/mol. The summed E-state index contributed by atoms with van der Waals surface area (Å²) in [6.07, 6.45) is 1.93. The van der Waals surface area contributed by atoms with E-state index in [1.165, 1.54) is 12.1 Å². The van der Waals surface area contributed by atoms with E-state index in [9.17, 15) is 14.4 Å². The summed E-state index contributed by atoms with van der Waals surface area (Å²) >= 11 is 2.70. The summed E-state index contributed by atoms with van der Waals surface area (Å²) in [5.74, 6) is 1.00. The van der Waals surface area contributed by atoms with E-state index in [2.05, 4.69) is 21.6 Å². The van der Waals surface area contributed by atoms with E-state index in [1.54, 1.807) is 23.9 Å². The summed E-state index contributed by atoms with van der Waals surface area (Å²) < 4.78 is 20.5. The predicted molar refractivity (Wildman–Crippen MR) is 115 cm³/mol. The highest BCUT2D eigenvalue weighted by atomic mass is 32.2. The van der Waals surface area contributed by atoms with Gasteiger partial charge in [-0.15, -0.1) is 10.2 Å². The second kappa shape index (κ2) is 9.82. The predicted octanol–water partition coefficient (Wildman–Crippen LogP) is 4.14. The number of aromatic nitrogens is 3. The van der Waals surface area contributed by atoms with E-state index in [1.807, 2.05) is 24.7 Å². The molecule has 1 aromatic carbocycles. The summed E-state index contributed by atoms with van der Waals surface area (Å²) in [7, 11) is 0. The van der Waals surface area contributed by atoms with Gasteiger partial charge in [0.2, 0.25) is 11.8 Å². The Morgan fingerprint density at radius 3 is 2.70 bits per heavy atom. The van der Waals surface area contributed by atoms with Crippen LogP contribution >= 0.6 is 23.5 Å². The number of nitriles is 1. The first-order chi connectivity index (χ1) is 14.4. The Bertz CT molecular complexity index is 1090. The normalized spacial score (nSPS) is 10.8. The summed E-state index contributed by atoms with van der Waals surface area (Å²) in [5.41, 5.74) is 2.92. The quantitative estimate of drug-likeness (QED) is 0.521. The minimum atomic E-state index is -0.316. The molecule has 0 spiro atoms. The number of thioether (sulfide) groups is 2. The van der Waals surface area contributed by atoms with Gasteiger partial charge in [0.15, 0.2) is 0 Å². The van der Waals surface area contributed by atoms with Crippen LogP contribution in [0.2, 0.25) is 0 Å². The SMILES string of the molecule is CSCc1nnc(SCC(=O)Nc2c(C#N)c(C)c(C)n2Cc2ccc(F)cc2)o1. The van der Waals surface area contributed by atoms with Gasteiger partial charge in [0, 0.05) is 12.2 Å². The number of nitrogens with one attached hydrogen (secondary N) is 1. The van der Waals surface area contributed by atoms with Crippen LogP contribution < -0.4 is 5.32 Å². The number of benzene rings is 1. The zero-order chi connectivity index (χ0) is 21.7. The van der Waals surface area contributed by atoms with E-state index in [-0.39, 0.29) is 17.5 Å². The first-order valence-corrected chi connectivity index (χ1v) is 11.4. The van der Waals surface area contributed by atoms with Crippen LogP contribution in [0.4, 0.5) is 10.2 Å². The summed E-state index contributed by atoms with van der Waals surface area (Å²) in [6, 6.07) is 8.30. The van der Waals surface area contributed by atoms with E-state index < -0.39 is 0 Å². The molecule has 0 aliphatic carbocycles. The molecule has 0 unspecified atom stereocenters. The van der Waals surface area contributed by atoms with Gasteiger partial charge in [-0.25, -0.2) is 4.39 Å². The molecule has 2 heterocycles. The van der Waals surface area contributed by atoms with Gasteiger partial charge in [0.25, 0.3) is 5.22 Å². The van der Waals surface area contributed by atoms with Crippen molar-refractivity contribution < 1.29 is 13.6 Å². The number of hydrogen-bond acceptors (Lipinski definition) is 7. The fourth-order valence-electron chi connectivity index (χ4n) is 2.87. The highest BCUT2D eigenvalue weighted by Gasteiger charge is 2.20. The molecule has 0 saturated carbocycles. The lowest BCUT2D eigenvalue weighted by Gasteiger charge is -2.13. The number of halogens is 1. The average Bonchev–Trinajstić information content (AvgIpc) is 3.26. The second-order valence-corrected chi connectivity index (χ2v) is 8.28. The number of anilines is 1. The lowest BCUT2D eigenvalue weighted by Crippen LogP contribution is -2.18. The summed E-state index contributed by atoms with van der Waals surface area (Å²) in [5, 5.41) is 20.6. The van der Waals surface area contributed by atoms with Crippen molar-refractivity contribution in [1.29, 1.82) is 5.26 Å². The molecule has 0 radical (unpaired) electrons. The number of rotatable bonds is 8. The number of carbonyl (C=O) groups excluding carboxylic acids is 1. The van der Waals surface area contributed by atoms with Gasteiger partial charge in [0.1, 0.15) is 17.7 Å². The zero-order valence-corrected chi connectivity index (χ0v) is 18.4. The van der Waals surface area contributed by atoms with Gasteiger partial charge < -0.3 is 14.3 Å². The molecule has 1 N–H and O–H groups in total.